The van der Waals surface area contributed by atoms with Crippen molar-refractivity contribution in [3.05, 3.63) is 76.4 Å². The molecule has 20 heteroatoms. The van der Waals surface area contributed by atoms with E-state index >= 15 is 0 Å². The Kier molecular flexibility index (Phi) is 14.3. The lowest BCUT2D eigenvalue weighted by Crippen LogP contribution is -2.65. The number of ether oxygens (including phenoxy) is 2. The SMILES string of the molecule is C=CC(=O)N1CCC2(C1)CN(C(=O)N(C)[C@H](C(=O)N[C@H]1Cc3nc(cs3)-c3ccc4c(c3)C(CC(C)(C)COC(=O)[C@@H]3CCCN(N3)C1=O)C(c1cccnc1[C@H](C)OC)=[N+]4CC(F)(F)F)C(C)C)C2. The maximum atomic E-state index is 14.7. The summed E-state index contributed by atoms with van der Waals surface area (Å²) in [5.74, 6) is -2.77. The van der Waals surface area contributed by atoms with Crippen molar-refractivity contribution in [1.29, 1.82) is 0 Å². The topological polar surface area (TPSA) is 170 Å². The number of hydrazine groups is 1. The lowest BCUT2D eigenvalue weighted by molar-refractivity contribution is -0.480. The number of nitrogens with zero attached hydrogens (tertiary/aromatic N) is 7. The van der Waals surface area contributed by atoms with Gasteiger partial charge in [0.2, 0.25) is 24.0 Å². The molecule has 3 fully saturated rings. The molecule has 8 rings (SSSR count). The number of hydrogen-bond donors (Lipinski definition) is 2. The van der Waals surface area contributed by atoms with Gasteiger partial charge in [-0.3, -0.25) is 29.2 Å². The summed E-state index contributed by atoms with van der Waals surface area (Å²) in [5.41, 5.74) is 5.67. The van der Waals surface area contributed by atoms with E-state index in [-0.39, 0.29) is 49.3 Å². The number of benzene rings is 1. The number of methoxy groups -OCH3 is 1. The Balaban J connectivity index is 1.12. The highest BCUT2D eigenvalue weighted by Gasteiger charge is 2.52. The van der Waals surface area contributed by atoms with E-state index < -0.39 is 66.1 Å². The second-order valence-electron chi connectivity index (χ2n) is 20.6. The second-order valence-corrected chi connectivity index (χ2v) is 21.5. The van der Waals surface area contributed by atoms with Crippen LogP contribution in [0.25, 0.3) is 11.3 Å². The number of cyclic esters (lactones) is 1. The second kappa shape index (κ2) is 19.8. The van der Waals surface area contributed by atoms with Gasteiger partial charge in [-0.15, -0.1) is 11.3 Å². The summed E-state index contributed by atoms with van der Waals surface area (Å²) in [4.78, 5) is 83.7. The number of hydrogen-bond acceptors (Lipinski definition) is 11. The van der Waals surface area contributed by atoms with Crippen molar-refractivity contribution in [2.45, 2.75) is 103 Å². The Morgan fingerprint density at radius 2 is 1.87 bits per heavy atom. The third-order valence-electron chi connectivity index (χ3n) is 14.3. The number of nitrogens with one attached hydrogen (secondary N) is 2. The third-order valence-corrected chi connectivity index (χ3v) is 15.2. The van der Waals surface area contributed by atoms with Crippen molar-refractivity contribution in [3.63, 3.8) is 0 Å². The molecule has 5 aliphatic rings. The highest BCUT2D eigenvalue weighted by molar-refractivity contribution is 7.10. The molecular weight excluding hydrogens is 928 g/mol. The summed E-state index contributed by atoms with van der Waals surface area (Å²) in [6, 6.07) is 5.34. The van der Waals surface area contributed by atoms with Crippen LogP contribution in [0, 0.1) is 16.7 Å². The van der Waals surface area contributed by atoms with Crippen molar-refractivity contribution < 1.29 is 51.2 Å². The van der Waals surface area contributed by atoms with Gasteiger partial charge in [-0.05, 0) is 68.9 Å². The fourth-order valence-electron chi connectivity index (χ4n) is 10.8. The van der Waals surface area contributed by atoms with Gasteiger partial charge in [0, 0.05) is 92.9 Å². The average molecular weight is 991 g/mol. The lowest BCUT2D eigenvalue weighted by atomic mass is 9.77. The van der Waals surface area contributed by atoms with Gasteiger partial charge in [-0.25, -0.2) is 15.2 Å². The van der Waals surface area contributed by atoms with Gasteiger partial charge >= 0.3 is 18.2 Å². The van der Waals surface area contributed by atoms with Crippen LogP contribution in [-0.4, -0.2) is 154 Å². The normalized spacial score (nSPS) is 23.1. The quantitative estimate of drug-likeness (QED) is 0.148. The molecule has 1 spiro atoms. The molecule has 2 aromatic heterocycles. The number of likely N-dealkylation sites (tertiary alicyclic amines) is 2. The molecule has 0 saturated carbocycles. The van der Waals surface area contributed by atoms with Gasteiger partial charge in [0.25, 0.3) is 5.91 Å². The Bertz CT molecular complexity index is 2580. The average Bonchev–Trinajstić information content (AvgIpc) is 4.05. The van der Waals surface area contributed by atoms with E-state index in [0.29, 0.717) is 83.5 Å². The first-order chi connectivity index (χ1) is 33.1. The molecule has 5 amide bonds. The summed E-state index contributed by atoms with van der Waals surface area (Å²) in [7, 11) is 3.09. The van der Waals surface area contributed by atoms with Gasteiger partial charge in [0.1, 0.15) is 18.1 Å². The lowest BCUT2D eigenvalue weighted by Gasteiger charge is -2.49. The number of rotatable bonds is 9. The monoisotopic (exact) mass is 990 g/mol. The number of esters is 1. The molecule has 3 saturated heterocycles. The molecule has 2 N–H and O–H groups in total. The minimum Gasteiger partial charge on any atom is -0.464 e. The van der Waals surface area contributed by atoms with E-state index in [1.54, 1.807) is 54.2 Å². The number of amides is 5. The summed E-state index contributed by atoms with van der Waals surface area (Å²) in [6.07, 6.45) is -0.423. The van der Waals surface area contributed by atoms with Gasteiger partial charge in [0.05, 0.1) is 40.6 Å². The molecule has 376 valence electrons. The van der Waals surface area contributed by atoms with E-state index in [9.17, 15) is 37.1 Å². The van der Waals surface area contributed by atoms with Crippen molar-refractivity contribution in [1.82, 2.24) is 40.4 Å². The minimum atomic E-state index is -4.58. The summed E-state index contributed by atoms with van der Waals surface area (Å²) >= 11 is 1.27. The van der Waals surface area contributed by atoms with E-state index in [0.717, 1.165) is 6.42 Å². The van der Waals surface area contributed by atoms with Gasteiger partial charge in [-0.2, -0.15) is 17.7 Å². The number of carbonyl (C=O) groups is 5. The van der Waals surface area contributed by atoms with Gasteiger partial charge < -0.3 is 29.5 Å². The highest BCUT2D eigenvalue weighted by atomic mass is 32.1. The highest BCUT2D eigenvalue weighted by Crippen LogP contribution is 2.47. The number of halogens is 3. The van der Waals surface area contributed by atoms with E-state index in [4.69, 9.17) is 14.5 Å². The number of thiazole rings is 1. The molecule has 7 heterocycles. The van der Waals surface area contributed by atoms with E-state index in [1.165, 1.54) is 39.0 Å². The largest absolute Gasteiger partial charge is 0.464 e. The summed E-state index contributed by atoms with van der Waals surface area (Å²) in [5, 5.41) is 6.63. The first kappa shape index (κ1) is 50.7. The van der Waals surface area contributed by atoms with Crippen LogP contribution in [0.4, 0.5) is 23.7 Å². The maximum Gasteiger partial charge on any atom is 0.448 e. The van der Waals surface area contributed by atoms with Crippen molar-refractivity contribution in [2.75, 3.05) is 60.0 Å². The van der Waals surface area contributed by atoms with Crippen LogP contribution < -0.4 is 10.7 Å². The number of aromatic nitrogens is 2. The summed E-state index contributed by atoms with van der Waals surface area (Å²) in [6.45, 7) is 13.7. The fraction of sp³-hybridized carbons (Fsp3) is 0.560. The van der Waals surface area contributed by atoms with E-state index in [2.05, 4.69) is 22.3 Å². The molecule has 16 nitrogen and oxygen atoms in total. The zero-order valence-electron chi connectivity index (χ0n) is 40.8. The van der Waals surface area contributed by atoms with E-state index in [1.807, 2.05) is 39.1 Å². The van der Waals surface area contributed by atoms with Crippen molar-refractivity contribution >= 4 is 52.5 Å². The Morgan fingerprint density at radius 1 is 1.13 bits per heavy atom. The number of pyridine rings is 1. The number of urea groups is 1. The number of likely N-dealkylation sites (N-methyl/N-ethyl adjacent to an activating group) is 1. The first-order valence-corrected chi connectivity index (χ1v) is 24.7. The fourth-order valence-corrected chi connectivity index (χ4v) is 11.6. The maximum absolute atomic E-state index is 14.7. The number of carbonyl (C=O) groups excluding carboxylic acids is 5. The van der Waals surface area contributed by atoms with Crippen molar-refractivity contribution in [3.8, 4) is 11.3 Å². The molecule has 1 aromatic carbocycles. The van der Waals surface area contributed by atoms with Crippen LogP contribution in [-0.2, 0) is 35.1 Å². The number of alkyl halides is 3. The van der Waals surface area contributed by atoms with Crippen LogP contribution in [0.2, 0.25) is 0 Å². The molecule has 70 heavy (non-hydrogen) atoms. The van der Waals surface area contributed by atoms with Crippen molar-refractivity contribution in [2.24, 2.45) is 16.7 Å². The summed E-state index contributed by atoms with van der Waals surface area (Å²) < 4.78 is 57.0. The van der Waals surface area contributed by atoms with Crippen LogP contribution in [0.1, 0.15) is 94.2 Å². The Hall–Kier alpha value is -5.73. The molecule has 0 aliphatic carbocycles. The molecule has 1 unspecified atom stereocenters. The predicted octanol–water partition coefficient (Wildman–Crippen LogP) is 6.00. The Labute approximate surface area is 410 Å². The molecule has 6 bridgehead atoms. The molecule has 5 aliphatic heterocycles. The van der Waals surface area contributed by atoms with Crippen LogP contribution in [0.15, 0.2) is 54.6 Å². The van der Waals surface area contributed by atoms with Crippen LogP contribution in [0.3, 0.4) is 0 Å². The van der Waals surface area contributed by atoms with Gasteiger partial charge in [0.15, 0.2) is 5.71 Å². The molecule has 5 atom stereocenters. The standard InChI is InChI=1S/C50H62F3N9O7S/c1-9-40(63)59-19-16-49(24-59)25-60(26-49)47(67)58(7)42(29(2)3)44(64)56-36-21-39-55-37(23-70-39)31-14-15-38-33(20-31)34(22-48(5,6)28-69-46(66)35-13-11-18-62(57-35)45(36)65)43(61(38)27-50(51,52)53)32-12-10-17-54-41(32)30(4)68-8/h9-10,12,14-15,17,20,23,29-30,34-36,42,57H,1,11,13,16,18-19,21-22,24-28H2,2-8H3/p+1/t30-,34?,35-,36-,42-/m0/s1. The zero-order valence-corrected chi connectivity index (χ0v) is 41.6. The Morgan fingerprint density at radius 3 is 2.57 bits per heavy atom. The van der Waals surface area contributed by atoms with Crippen LogP contribution >= 0.6 is 11.3 Å². The molecule has 0 radical (unpaired) electrons. The third kappa shape index (κ3) is 10.4. The molecular formula is C50H63F3N9O7S+. The first-order valence-electron chi connectivity index (χ1n) is 23.9. The predicted molar refractivity (Wildman–Crippen MR) is 255 cm³/mol. The minimum absolute atomic E-state index is 0.0416. The van der Waals surface area contributed by atoms with Gasteiger partial charge in [-0.1, -0.05) is 34.3 Å². The van der Waals surface area contributed by atoms with Crippen LogP contribution in [0.5, 0.6) is 0 Å². The zero-order chi connectivity index (χ0) is 50.4. The number of fused-ring (bicyclic) bond motifs is 6. The smallest absolute Gasteiger partial charge is 0.448 e. The molecule has 3 aromatic rings.